The van der Waals surface area contributed by atoms with Crippen molar-refractivity contribution in [2.75, 3.05) is 13.6 Å². The van der Waals surface area contributed by atoms with Gasteiger partial charge in [-0.1, -0.05) is 43.7 Å². The number of carbonyl (C=O) groups excluding carboxylic acids is 1. The zero-order valence-corrected chi connectivity index (χ0v) is 14.0. The smallest absolute Gasteiger partial charge is 0.164 e. The molecule has 1 aliphatic carbocycles. The largest absolute Gasteiger partial charge is 0.303 e. The van der Waals surface area contributed by atoms with Crippen LogP contribution in [0.15, 0.2) is 24.3 Å². The maximum atomic E-state index is 12.2. The zero-order chi connectivity index (χ0) is 15.5. The maximum absolute atomic E-state index is 12.2. The number of benzene rings is 1. The molecule has 0 atom stereocenters. The van der Waals surface area contributed by atoms with Gasteiger partial charge < -0.3 is 4.90 Å². The Labute approximate surface area is 129 Å². The first-order valence-corrected chi connectivity index (χ1v) is 8.17. The summed E-state index contributed by atoms with van der Waals surface area (Å²) in [5, 5.41) is 0. The van der Waals surface area contributed by atoms with Crippen LogP contribution in [0.2, 0.25) is 0 Å². The summed E-state index contributed by atoms with van der Waals surface area (Å²) in [5.74, 6) is 0.262. The summed E-state index contributed by atoms with van der Waals surface area (Å²) < 4.78 is 0. The summed E-state index contributed by atoms with van der Waals surface area (Å²) in [6.07, 6.45) is 5.76. The van der Waals surface area contributed by atoms with Gasteiger partial charge in [-0.05, 0) is 45.1 Å². The van der Waals surface area contributed by atoms with Gasteiger partial charge in [0.2, 0.25) is 0 Å². The Bertz CT molecular complexity index is 465. The number of aryl methyl sites for hydroxylation is 1. The maximum Gasteiger partial charge on any atom is 0.164 e. The molecule has 21 heavy (non-hydrogen) atoms. The highest BCUT2D eigenvalue weighted by molar-refractivity contribution is 5.96. The van der Waals surface area contributed by atoms with Crippen LogP contribution < -0.4 is 0 Å². The molecule has 2 heteroatoms. The Morgan fingerprint density at radius 3 is 2.33 bits per heavy atom. The van der Waals surface area contributed by atoms with Crippen molar-refractivity contribution in [2.24, 2.45) is 5.41 Å². The summed E-state index contributed by atoms with van der Waals surface area (Å²) in [7, 11) is 2.17. The van der Waals surface area contributed by atoms with Gasteiger partial charge in [0.05, 0.1) is 0 Å². The molecular weight excluding hydrogens is 258 g/mol. The van der Waals surface area contributed by atoms with Gasteiger partial charge in [0.25, 0.3) is 0 Å². The standard InChI is InChI=1S/C19H29NO/c1-15-5-7-16(8-6-15)18(21)11-14-20(4)17-9-12-19(2,3)13-10-17/h5-8,17H,9-14H2,1-4H3. The molecule has 0 aromatic heterocycles. The number of nitrogens with zero attached hydrogens (tertiary/aromatic N) is 1. The molecule has 2 nitrogen and oxygen atoms in total. The van der Waals surface area contributed by atoms with Crippen LogP contribution >= 0.6 is 0 Å². The summed E-state index contributed by atoms with van der Waals surface area (Å²) in [6.45, 7) is 7.65. The van der Waals surface area contributed by atoms with Crippen LogP contribution in [0.3, 0.4) is 0 Å². The van der Waals surface area contributed by atoms with Gasteiger partial charge in [-0.3, -0.25) is 4.79 Å². The third-order valence-corrected chi connectivity index (χ3v) is 5.00. The predicted molar refractivity (Wildman–Crippen MR) is 88.8 cm³/mol. The minimum atomic E-state index is 0.262. The minimum Gasteiger partial charge on any atom is -0.303 e. The number of hydrogen-bond donors (Lipinski definition) is 0. The van der Waals surface area contributed by atoms with Gasteiger partial charge >= 0.3 is 0 Å². The van der Waals surface area contributed by atoms with Crippen molar-refractivity contribution in [3.05, 3.63) is 35.4 Å². The molecule has 1 aromatic rings. The molecule has 0 amide bonds. The Morgan fingerprint density at radius 2 is 1.76 bits per heavy atom. The summed E-state index contributed by atoms with van der Waals surface area (Å²) in [4.78, 5) is 14.6. The fourth-order valence-electron chi connectivity index (χ4n) is 3.17. The molecule has 2 rings (SSSR count). The number of rotatable bonds is 5. The summed E-state index contributed by atoms with van der Waals surface area (Å²) in [6, 6.07) is 8.57. The van der Waals surface area contributed by atoms with Gasteiger partial charge in [-0.25, -0.2) is 0 Å². The highest BCUT2D eigenvalue weighted by Gasteiger charge is 2.28. The van der Waals surface area contributed by atoms with E-state index in [1.807, 2.05) is 31.2 Å². The number of carbonyl (C=O) groups is 1. The van der Waals surface area contributed by atoms with E-state index >= 15 is 0 Å². The van der Waals surface area contributed by atoms with Crippen molar-refractivity contribution in [2.45, 2.75) is 58.9 Å². The van der Waals surface area contributed by atoms with Crippen molar-refractivity contribution in [1.29, 1.82) is 0 Å². The normalized spacial score (nSPS) is 18.9. The number of ketones is 1. The lowest BCUT2D eigenvalue weighted by atomic mass is 9.75. The van der Waals surface area contributed by atoms with Crippen LogP contribution in [0.1, 0.15) is 61.9 Å². The second-order valence-electron chi connectivity index (χ2n) is 7.42. The first-order chi connectivity index (χ1) is 9.87. The minimum absolute atomic E-state index is 0.262. The van der Waals surface area contributed by atoms with Crippen molar-refractivity contribution in [3.8, 4) is 0 Å². The predicted octanol–water partition coefficient (Wildman–Crippen LogP) is 4.47. The van der Waals surface area contributed by atoms with Crippen LogP contribution in [0.25, 0.3) is 0 Å². The second kappa shape index (κ2) is 6.74. The Hall–Kier alpha value is -1.15. The molecule has 116 valence electrons. The molecule has 0 N–H and O–H groups in total. The fraction of sp³-hybridized carbons (Fsp3) is 0.632. The highest BCUT2D eigenvalue weighted by atomic mass is 16.1. The fourth-order valence-corrected chi connectivity index (χ4v) is 3.17. The Morgan fingerprint density at radius 1 is 1.19 bits per heavy atom. The van der Waals surface area contributed by atoms with E-state index in [0.29, 0.717) is 17.9 Å². The van der Waals surface area contributed by atoms with Crippen molar-refractivity contribution >= 4 is 5.78 Å². The molecule has 0 spiro atoms. The summed E-state index contributed by atoms with van der Waals surface area (Å²) in [5.41, 5.74) is 2.56. The Balaban J connectivity index is 1.80. The topological polar surface area (TPSA) is 20.3 Å². The lowest BCUT2D eigenvalue weighted by molar-refractivity contribution is 0.0925. The van der Waals surface area contributed by atoms with Gasteiger partial charge in [-0.15, -0.1) is 0 Å². The van der Waals surface area contributed by atoms with Crippen LogP contribution in [0.4, 0.5) is 0 Å². The van der Waals surface area contributed by atoms with E-state index in [1.54, 1.807) is 0 Å². The van der Waals surface area contributed by atoms with Gasteiger partial charge in [0.15, 0.2) is 5.78 Å². The van der Waals surface area contributed by atoms with E-state index in [1.165, 1.54) is 31.2 Å². The zero-order valence-electron chi connectivity index (χ0n) is 14.0. The van der Waals surface area contributed by atoms with Crippen molar-refractivity contribution in [3.63, 3.8) is 0 Å². The van der Waals surface area contributed by atoms with Crippen LogP contribution in [0.5, 0.6) is 0 Å². The average molecular weight is 287 g/mol. The first-order valence-electron chi connectivity index (χ1n) is 8.17. The van der Waals surface area contributed by atoms with Crippen LogP contribution in [-0.2, 0) is 0 Å². The van der Waals surface area contributed by atoms with Gasteiger partial charge in [0, 0.05) is 24.6 Å². The Kier molecular flexibility index (Phi) is 5.21. The third-order valence-electron chi connectivity index (χ3n) is 5.00. The van der Waals surface area contributed by atoms with Gasteiger partial charge in [0.1, 0.15) is 0 Å². The van der Waals surface area contributed by atoms with Crippen molar-refractivity contribution < 1.29 is 4.79 Å². The van der Waals surface area contributed by atoms with Crippen molar-refractivity contribution in [1.82, 2.24) is 4.90 Å². The molecule has 1 fully saturated rings. The van der Waals surface area contributed by atoms with E-state index in [9.17, 15) is 4.79 Å². The highest BCUT2D eigenvalue weighted by Crippen LogP contribution is 2.36. The number of Topliss-reactive ketones (excluding diaryl/α,β-unsaturated/α-hetero) is 1. The molecule has 0 radical (unpaired) electrons. The lowest BCUT2D eigenvalue weighted by Crippen LogP contribution is -2.38. The van der Waals surface area contributed by atoms with E-state index < -0.39 is 0 Å². The number of hydrogen-bond acceptors (Lipinski definition) is 2. The molecule has 0 heterocycles. The average Bonchev–Trinajstić information content (AvgIpc) is 2.45. The van der Waals surface area contributed by atoms with Gasteiger partial charge in [-0.2, -0.15) is 0 Å². The van der Waals surface area contributed by atoms with E-state index in [4.69, 9.17) is 0 Å². The molecule has 0 unspecified atom stereocenters. The monoisotopic (exact) mass is 287 g/mol. The second-order valence-corrected chi connectivity index (χ2v) is 7.42. The van der Waals surface area contributed by atoms with Crippen LogP contribution in [-0.4, -0.2) is 30.3 Å². The molecule has 1 aliphatic rings. The SMILES string of the molecule is Cc1ccc(C(=O)CCN(C)C2CCC(C)(C)CC2)cc1. The molecule has 1 saturated carbocycles. The van der Waals surface area contributed by atoms with E-state index in [-0.39, 0.29) is 5.78 Å². The molecule has 0 saturated heterocycles. The van der Waals surface area contributed by atoms with E-state index in [2.05, 4.69) is 25.8 Å². The molecule has 1 aromatic carbocycles. The lowest BCUT2D eigenvalue weighted by Gasteiger charge is -2.38. The molecule has 0 bridgehead atoms. The molecule has 0 aliphatic heterocycles. The first kappa shape index (κ1) is 16.2. The molecular formula is C19H29NO. The quantitative estimate of drug-likeness (QED) is 0.745. The summed E-state index contributed by atoms with van der Waals surface area (Å²) >= 11 is 0. The van der Waals surface area contributed by atoms with E-state index in [0.717, 1.165) is 12.1 Å². The van der Waals surface area contributed by atoms with Crippen LogP contribution in [0, 0.1) is 12.3 Å². The third kappa shape index (κ3) is 4.67.